The lowest BCUT2D eigenvalue weighted by Gasteiger charge is -2.21. The highest BCUT2D eigenvalue weighted by Crippen LogP contribution is 2.18. The van der Waals surface area contributed by atoms with E-state index in [0.717, 1.165) is 5.56 Å². The van der Waals surface area contributed by atoms with Gasteiger partial charge < -0.3 is 10.1 Å². The molecule has 0 radical (unpaired) electrons. The zero-order chi connectivity index (χ0) is 23.9. The number of carbonyl (C=O) groups excluding carboxylic acids is 3. The molecule has 32 heavy (non-hydrogen) atoms. The van der Waals surface area contributed by atoms with Gasteiger partial charge in [0.25, 0.3) is 5.91 Å². The van der Waals surface area contributed by atoms with Crippen LogP contribution in [0.2, 0.25) is 0 Å². The third kappa shape index (κ3) is 6.63. The van der Waals surface area contributed by atoms with Crippen LogP contribution in [-0.2, 0) is 26.1 Å². The van der Waals surface area contributed by atoms with Crippen LogP contribution in [0.25, 0.3) is 0 Å². The van der Waals surface area contributed by atoms with E-state index in [2.05, 4.69) is 10.6 Å². The maximum atomic E-state index is 12.6. The minimum atomic E-state index is -3.79. The molecule has 0 aliphatic rings. The highest BCUT2D eigenvalue weighted by molar-refractivity contribution is 7.89. The van der Waals surface area contributed by atoms with Crippen molar-refractivity contribution in [1.29, 1.82) is 0 Å². The normalized spacial score (nSPS) is 12.3. The minimum absolute atomic E-state index is 0.0311. The van der Waals surface area contributed by atoms with Crippen LogP contribution in [0, 0.1) is 0 Å². The van der Waals surface area contributed by atoms with Gasteiger partial charge in [-0.05, 0) is 44.5 Å². The summed E-state index contributed by atoms with van der Waals surface area (Å²) < 4.78 is 31.5. The summed E-state index contributed by atoms with van der Waals surface area (Å²) in [5.74, 6) is -1.70. The van der Waals surface area contributed by atoms with E-state index in [4.69, 9.17) is 4.74 Å². The number of hydrogen-bond acceptors (Lipinski definition) is 6. The third-order valence-electron chi connectivity index (χ3n) is 4.66. The molecule has 10 heteroatoms. The van der Waals surface area contributed by atoms with E-state index >= 15 is 0 Å². The first-order valence-corrected chi connectivity index (χ1v) is 11.4. The summed E-state index contributed by atoms with van der Waals surface area (Å²) in [6, 6.07) is 13.5. The van der Waals surface area contributed by atoms with Crippen LogP contribution in [0.3, 0.4) is 0 Å². The number of amides is 3. The first-order valence-electron chi connectivity index (χ1n) is 9.94. The quantitative estimate of drug-likeness (QED) is 0.582. The summed E-state index contributed by atoms with van der Waals surface area (Å²) in [5, 5.41) is 4.63. The van der Waals surface area contributed by atoms with Crippen LogP contribution in [-0.4, -0.2) is 49.8 Å². The maximum Gasteiger partial charge on any atom is 0.338 e. The number of nitrogens with zero attached hydrogens (tertiary/aromatic N) is 1. The van der Waals surface area contributed by atoms with E-state index in [1.165, 1.54) is 42.5 Å². The molecule has 0 aromatic heterocycles. The molecule has 3 amide bonds. The number of urea groups is 1. The lowest BCUT2D eigenvalue weighted by Crippen LogP contribution is -2.44. The number of nitrogens with one attached hydrogen (secondary N) is 2. The van der Waals surface area contributed by atoms with Crippen molar-refractivity contribution >= 4 is 27.9 Å². The predicted octanol–water partition coefficient (Wildman–Crippen LogP) is 2.29. The van der Waals surface area contributed by atoms with Crippen LogP contribution in [0.5, 0.6) is 0 Å². The molecule has 0 aliphatic carbocycles. The molecule has 2 aromatic carbocycles. The van der Waals surface area contributed by atoms with Gasteiger partial charge >= 0.3 is 12.0 Å². The molecule has 2 rings (SSSR count). The van der Waals surface area contributed by atoms with Crippen molar-refractivity contribution in [3.05, 3.63) is 65.7 Å². The summed E-state index contributed by atoms with van der Waals surface area (Å²) in [5.41, 5.74) is 0.823. The molecule has 0 aliphatic heterocycles. The number of sulfonamides is 1. The van der Waals surface area contributed by atoms with E-state index in [9.17, 15) is 22.8 Å². The average molecular weight is 462 g/mol. The third-order valence-corrected chi connectivity index (χ3v) is 6.69. The second kappa shape index (κ2) is 10.9. The Labute approximate surface area is 187 Å². The summed E-state index contributed by atoms with van der Waals surface area (Å²) in [6.45, 7) is 4.99. The van der Waals surface area contributed by atoms with Crippen LogP contribution in [0.15, 0.2) is 59.5 Å². The Morgan fingerprint density at radius 3 is 2.28 bits per heavy atom. The van der Waals surface area contributed by atoms with Gasteiger partial charge in [-0.1, -0.05) is 36.4 Å². The fraction of sp³-hybridized carbons (Fsp3) is 0.318. The van der Waals surface area contributed by atoms with E-state index in [0.29, 0.717) is 0 Å². The van der Waals surface area contributed by atoms with Gasteiger partial charge in [-0.15, -0.1) is 0 Å². The van der Waals surface area contributed by atoms with E-state index in [1.54, 1.807) is 13.8 Å². The van der Waals surface area contributed by atoms with Gasteiger partial charge in [0.2, 0.25) is 10.0 Å². The second-order valence-corrected chi connectivity index (χ2v) is 9.35. The Hall–Kier alpha value is -3.24. The lowest BCUT2D eigenvalue weighted by atomic mass is 10.2. The van der Waals surface area contributed by atoms with Crippen molar-refractivity contribution < 1.29 is 27.5 Å². The Kier molecular flexibility index (Phi) is 8.50. The average Bonchev–Trinajstić information content (AvgIpc) is 2.77. The molecule has 0 bridgehead atoms. The largest absolute Gasteiger partial charge is 0.449 e. The smallest absolute Gasteiger partial charge is 0.338 e. The summed E-state index contributed by atoms with van der Waals surface area (Å²) in [6.07, 6.45) is -1.27. The van der Waals surface area contributed by atoms with Gasteiger partial charge in [-0.3, -0.25) is 10.1 Å². The number of carbonyl (C=O) groups is 3. The fourth-order valence-electron chi connectivity index (χ4n) is 2.55. The van der Waals surface area contributed by atoms with E-state index in [1.807, 2.05) is 30.3 Å². The highest BCUT2D eigenvalue weighted by atomic mass is 32.2. The molecule has 0 saturated carbocycles. The van der Waals surface area contributed by atoms with Crippen LogP contribution < -0.4 is 10.6 Å². The first kappa shape index (κ1) is 25.0. The van der Waals surface area contributed by atoms with Crippen molar-refractivity contribution in [2.24, 2.45) is 0 Å². The summed E-state index contributed by atoms with van der Waals surface area (Å²) >= 11 is 0. The Balaban J connectivity index is 1.97. The van der Waals surface area contributed by atoms with Gasteiger partial charge in [-0.2, -0.15) is 4.31 Å². The minimum Gasteiger partial charge on any atom is -0.449 e. The molecule has 1 atom stereocenters. The zero-order valence-electron chi connectivity index (χ0n) is 18.4. The van der Waals surface area contributed by atoms with Crippen molar-refractivity contribution in [3.8, 4) is 0 Å². The fourth-order valence-corrected chi connectivity index (χ4v) is 3.96. The summed E-state index contributed by atoms with van der Waals surface area (Å²) in [7, 11) is -2.35. The van der Waals surface area contributed by atoms with Crippen LogP contribution in [0.1, 0.15) is 36.7 Å². The molecular formula is C22H27N3O6S. The highest BCUT2D eigenvalue weighted by Gasteiger charge is 2.25. The SMILES string of the molecule is CC(OC(=O)c1cccc(S(=O)(=O)N(C)C(C)C)c1)C(=O)NC(=O)NCc1ccccc1. The number of benzene rings is 2. The number of hydrogen-bond donors (Lipinski definition) is 2. The Bertz CT molecular complexity index is 1070. The van der Waals surface area contributed by atoms with Crippen molar-refractivity contribution in [2.45, 2.75) is 44.4 Å². The number of rotatable bonds is 8. The van der Waals surface area contributed by atoms with E-state index < -0.39 is 34.0 Å². The summed E-state index contributed by atoms with van der Waals surface area (Å²) in [4.78, 5) is 36.4. The first-order chi connectivity index (χ1) is 15.0. The number of ether oxygens (including phenoxy) is 1. The number of esters is 1. The van der Waals surface area contributed by atoms with Gasteiger partial charge in [-0.25, -0.2) is 18.0 Å². The predicted molar refractivity (Wildman–Crippen MR) is 118 cm³/mol. The van der Waals surface area contributed by atoms with Gasteiger partial charge in [0.15, 0.2) is 6.10 Å². The molecule has 1 unspecified atom stereocenters. The van der Waals surface area contributed by atoms with Crippen molar-refractivity contribution in [3.63, 3.8) is 0 Å². The van der Waals surface area contributed by atoms with Crippen LogP contribution in [0.4, 0.5) is 4.79 Å². The molecule has 0 saturated heterocycles. The Morgan fingerprint density at radius 1 is 1.00 bits per heavy atom. The molecule has 0 heterocycles. The molecule has 172 valence electrons. The van der Waals surface area contributed by atoms with Gasteiger partial charge in [0, 0.05) is 19.6 Å². The number of imide groups is 1. The Morgan fingerprint density at radius 2 is 1.66 bits per heavy atom. The maximum absolute atomic E-state index is 12.6. The topological polar surface area (TPSA) is 122 Å². The standard InChI is InChI=1S/C22H27N3O6S/c1-15(2)25(4)32(29,30)19-12-8-11-18(13-19)21(27)31-16(3)20(26)24-22(28)23-14-17-9-6-5-7-10-17/h5-13,15-16H,14H2,1-4H3,(H2,23,24,26,28). The monoisotopic (exact) mass is 461 g/mol. The molecule has 9 nitrogen and oxygen atoms in total. The van der Waals surface area contributed by atoms with Crippen molar-refractivity contribution in [1.82, 2.24) is 14.9 Å². The molecule has 0 spiro atoms. The molecule has 2 aromatic rings. The van der Waals surface area contributed by atoms with Gasteiger partial charge in [0.05, 0.1) is 10.5 Å². The van der Waals surface area contributed by atoms with Crippen LogP contribution >= 0.6 is 0 Å². The van der Waals surface area contributed by atoms with E-state index in [-0.39, 0.29) is 23.0 Å². The lowest BCUT2D eigenvalue weighted by molar-refractivity contribution is -0.127. The molecule has 2 N–H and O–H groups in total. The second-order valence-electron chi connectivity index (χ2n) is 7.35. The van der Waals surface area contributed by atoms with Gasteiger partial charge in [0.1, 0.15) is 0 Å². The van der Waals surface area contributed by atoms with Crippen molar-refractivity contribution in [2.75, 3.05) is 7.05 Å². The zero-order valence-corrected chi connectivity index (χ0v) is 19.2. The molecule has 0 fully saturated rings. The molecular weight excluding hydrogens is 434 g/mol.